The molecule has 1 aromatic carbocycles. The first-order valence-corrected chi connectivity index (χ1v) is 15.2. The number of rotatable bonds is 6. The van der Waals surface area contributed by atoms with Gasteiger partial charge in [-0.1, -0.05) is 31.6 Å². The molecule has 1 N–H and O–H groups in total. The number of carbonyl (C=O) groups is 3. The van der Waals surface area contributed by atoms with Gasteiger partial charge in [0.25, 0.3) is 0 Å². The summed E-state index contributed by atoms with van der Waals surface area (Å²) in [5.41, 5.74) is -3.38. The molecule has 6 aliphatic rings. The molecule has 0 aromatic heterocycles. The van der Waals surface area contributed by atoms with Crippen molar-refractivity contribution in [3.8, 4) is 17.2 Å². The summed E-state index contributed by atoms with van der Waals surface area (Å²) in [5, 5.41) is 11.8. The average Bonchev–Trinajstić information content (AvgIpc) is 3.29. The molecule has 1 aromatic rings. The molecule has 0 amide bonds. The number of aromatic hydroxyl groups is 1. The highest BCUT2D eigenvalue weighted by atomic mass is 16.6. The summed E-state index contributed by atoms with van der Waals surface area (Å²) in [7, 11) is 2.74. The number of hydrogen-bond acceptors (Lipinski definition) is 9. The maximum atomic E-state index is 14.9. The standard InChI is InChI=1S/C35H42O9/c1-17(2)11-12-20-25(36)23-26(37)21-15-33(41-10)16-22-32(7,8)44-34(30(33)39,14-13-18(3)29(38)40-9)35(21,22)43-28(23)24-27(20)42-19(4)31(24,5)6/h11,13,15,19,22,36H,12,14,16H2,1-10H3/b18-13+/t19-,22?,33+,34+,35-/m0/s1. The van der Waals surface area contributed by atoms with Crippen LogP contribution in [0.5, 0.6) is 17.2 Å². The van der Waals surface area contributed by atoms with Gasteiger partial charge in [-0.25, -0.2) is 4.79 Å². The second kappa shape index (κ2) is 9.30. The fraction of sp³-hybridized carbons (Fsp3) is 0.571. The Hall–Kier alpha value is -3.43. The average molecular weight is 607 g/mol. The van der Waals surface area contributed by atoms with E-state index in [1.54, 1.807) is 19.1 Å². The van der Waals surface area contributed by atoms with Crippen LogP contribution in [-0.4, -0.2) is 65.4 Å². The van der Waals surface area contributed by atoms with Gasteiger partial charge in [0, 0.05) is 47.1 Å². The van der Waals surface area contributed by atoms with E-state index < -0.39 is 45.5 Å². The van der Waals surface area contributed by atoms with Crippen LogP contribution >= 0.6 is 0 Å². The molecule has 3 aliphatic carbocycles. The number of phenols is 1. The third-order valence-electron chi connectivity index (χ3n) is 10.9. The van der Waals surface area contributed by atoms with E-state index in [4.69, 9.17) is 23.7 Å². The van der Waals surface area contributed by atoms with Crippen LogP contribution in [0.1, 0.15) is 89.7 Å². The van der Waals surface area contributed by atoms with Crippen LogP contribution in [0.15, 0.2) is 34.9 Å². The second-order valence-corrected chi connectivity index (χ2v) is 14.2. The summed E-state index contributed by atoms with van der Waals surface area (Å²) in [6.07, 6.45) is 5.45. The molecule has 4 bridgehead atoms. The topological polar surface area (TPSA) is 118 Å². The van der Waals surface area contributed by atoms with Crippen molar-refractivity contribution in [1.82, 2.24) is 0 Å². The number of carbonyl (C=O) groups excluding carboxylic acids is 3. The molecule has 1 saturated heterocycles. The van der Waals surface area contributed by atoms with Gasteiger partial charge < -0.3 is 28.8 Å². The van der Waals surface area contributed by atoms with Crippen LogP contribution < -0.4 is 9.47 Å². The van der Waals surface area contributed by atoms with Crippen molar-refractivity contribution in [2.75, 3.05) is 14.2 Å². The Balaban J connectivity index is 1.68. The van der Waals surface area contributed by atoms with E-state index in [1.165, 1.54) is 14.2 Å². The third-order valence-corrected chi connectivity index (χ3v) is 10.9. The lowest BCUT2D eigenvalue weighted by Gasteiger charge is -2.59. The van der Waals surface area contributed by atoms with E-state index in [9.17, 15) is 19.5 Å². The van der Waals surface area contributed by atoms with Crippen molar-refractivity contribution in [1.29, 1.82) is 0 Å². The smallest absolute Gasteiger partial charge is 0.333 e. The summed E-state index contributed by atoms with van der Waals surface area (Å²) in [4.78, 5) is 42.0. The second-order valence-electron chi connectivity index (χ2n) is 14.2. The highest BCUT2D eigenvalue weighted by Gasteiger charge is 2.84. The Morgan fingerprint density at radius 2 is 1.77 bits per heavy atom. The minimum Gasteiger partial charge on any atom is -0.507 e. The van der Waals surface area contributed by atoms with Crippen LogP contribution in [0.4, 0.5) is 0 Å². The lowest BCUT2D eigenvalue weighted by molar-refractivity contribution is -0.190. The predicted molar refractivity (Wildman–Crippen MR) is 161 cm³/mol. The van der Waals surface area contributed by atoms with E-state index in [0.717, 1.165) is 5.57 Å². The summed E-state index contributed by atoms with van der Waals surface area (Å²) >= 11 is 0. The summed E-state index contributed by atoms with van der Waals surface area (Å²) in [6.45, 7) is 15.3. The highest BCUT2D eigenvalue weighted by Crippen LogP contribution is 2.70. The molecule has 9 heteroatoms. The highest BCUT2D eigenvalue weighted by molar-refractivity contribution is 6.20. The van der Waals surface area contributed by atoms with Crippen molar-refractivity contribution < 1.29 is 43.2 Å². The molecule has 5 atom stereocenters. The first-order chi connectivity index (χ1) is 20.5. The van der Waals surface area contributed by atoms with E-state index in [1.807, 2.05) is 54.5 Å². The molecule has 1 spiro atoms. The van der Waals surface area contributed by atoms with Crippen molar-refractivity contribution in [2.24, 2.45) is 5.92 Å². The fourth-order valence-electron chi connectivity index (χ4n) is 8.18. The van der Waals surface area contributed by atoms with Gasteiger partial charge in [-0.05, 0) is 60.5 Å². The van der Waals surface area contributed by atoms with E-state index in [0.29, 0.717) is 28.9 Å². The van der Waals surface area contributed by atoms with Gasteiger partial charge in [-0.2, -0.15) is 0 Å². The molecule has 1 unspecified atom stereocenters. The van der Waals surface area contributed by atoms with E-state index >= 15 is 0 Å². The molecule has 44 heavy (non-hydrogen) atoms. The Kier molecular flexibility index (Phi) is 6.46. The van der Waals surface area contributed by atoms with Crippen molar-refractivity contribution in [2.45, 2.75) is 109 Å². The minimum atomic E-state index is -1.71. The molecule has 2 fully saturated rings. The predicted octanol–water partition coefficient (Wildman–Crippen LogP) is 5.24. The quantitative estimate of drug-likeness (QED) is 0.263. The SMILES string of the molecule is COC(=O)/C(C)=C/C[C@]12OC(C)(C)C3C[C@](OC)(C=C4C(=O)c5c(O)c(CC=C(C)C)c6c(c5O[C@@]431)C(C)(C)[C@H](C)O6)C2=O. The van der Waals surface area contributed by atoms with Crippen LogP contribution in [0.25, 0.3) is 0 Å². The Morgan fingerprint density at radius 1 is 1.09 bits per heavy atom. The zero-order chi connectivity index (χ0) is 32.4. The Bertz CT molecular complexity index is 1620. The molecule has 0 radical (unpaired) electrons. The number of fused-ring (bicyclic) bond motifs is 3. The van der Waals surface area contributed by atoms with Crippen LogP contribution in [0, 0.1) is 5.92 Å². The fourth-order valence-corrected chi connectivity index (χ4v) is 8.18. The van der Waals surface area contributed by atoms with Crippen molar-refractivity contribution >= 4 is 17.5 Å². The van der Waals surface area contributed by atoms with Crippen molar-refractivity contribution in [3.05, 3.63) is 51.6 Å². The van der Waals surface area contributed by atoms with Gasteiger partial charge in [0.2, 0.25) is 5.78 Å². The number of hydrogen-bond donors (Lipinski definition) is 1. The zero-order valence-corrected chi connectivity index (χ0v) is 27.2. The van der Waals surface area contributed by atoms with Gasteiger partial charge >= 0.3 is 5.97 Å². The molecule has 7 rings (SSSR count). The van der Waals surface area contributed by atoms with Crippen LogP contribution in [0.3, 0.4) is 0 Å². The number of methoxy groups -OCH3 is 2. The van der Waals surface area contributed by atoms with Crippen LogP contribution in [-0.2, 0) is 35.6 Å². The number of benzene rings is 1. The number of ketones is 2. The third kappa shape index (κ3) is 3.51. The molecule has 9 nitrogen and oxygen atoms in total. The molecule has 1 saturated carbocycles. The normalized spacial score (nSPS) is 33.5. The summed E-state index contributed by atoms with van der Waals surface area (Å²) in [5.74, 6) is -1.29. The Morgan fingerprint density at radius 3 is 2.39 bits per heavy atom. The largest absolute Gasteiger partial charge is 0.507 e. The van der Waals surface area contributed by atoms with Gasteiger partial charge in [0.15, 0.2) is 17.0 Å². The lowest BCUT2D eigenvalue weighted by atomic mass is 9.49. The maximum absolute atomic E-state index is 14.9. The first kappa shape index (κ1) is 30.6. The van der Waals surface area contributed by atoms with E-state index in [2.05, 4.69) is 0 Å². The molecule has 236 valence electrons. The van der Waals surface area contributed by atoms with Crippen molar-refractivity contribution in [3.63, 3.8) is 0 Å². The summed E-state index contributed by atoms with van der Waals surface area (Å²) in [6, 6.07) is 0. The maximum Gasteiger partial charge on any atom is 0.333 e. The molecule has 3 heterocycles. The van der Waals surface area contributed by atoms with Gasteiger partial charge in [0.1, 0.15) is 34.5 Å². The Labute approximate surface area is 258 Å². The molecular weight excluding hydrogens is 564 g/mol. The van der Waals surface area contributed by atoms with Crippen LogP contribution in [0.2, 0.25) is 0 Å². The van der Waals surface area contributed by atoms with Gasteiger partial charge in [-0.3, -0.25) is 9.59 Å². The lowest BCUT2D eigenvalue weighted by Crippen LogP contribution is -2.77. The van der Waals surface area contributed by atoms with E-state index in [-0.39, 0.29) is 47.4 Å². The molecule has 3 aliphatic heterocycles. The number of allylic oxidation sites excluding steroid dienone is 2. The first-order valence-electron chi connectivity index (χ1n) is 15.2. The number of ether oxygens (including phenoxy) is 5. The van der Waals surface area contributed by atoms with Gasteiger partial charge in [0.05, 0.1) is 12.7 Å². The molecular formula is C35H42O9. The monoisotopic (exact) mass is 606 g/mol. The number of esters is 1. The minimum absolute atomic E-state index is 0.0547. The zero-order valence-electron chi connectivity index (χ0n) is 27.2. The summed E-state index contributed by atoms with van der Waals surface area (Å²) < 4.78 is 31.3. The number of Topliss-reactive ketones (excluding diaryl/α,β-unsaturated/α-hetero) is 2. The van der Waals surface area contributed by atoms with Gasteiger partial charge in [-0.15, -0.1) is 0 Å². The number of phenolic OH excluding ortho intramolecular Hbond substituents is 1.